The Kier molecular flexibility index (Phi) is 6.56. The van der Waals surface area contributed by atoms with Gasteiger partial charge in [0, 0.05) is 13.7 Å². The van der Waals surface area contributed by atoms with E-state index in [0.717, 1.165) is 6.07 Å². The molecule has 0 aliphatic rings. The summed E-state index contributed by atoms with van der Waals surface area (Å²) in [5, 5.41) is 18.2. The number of ether oxygens (including phenoxy) is 1. The summed E-state index contributed by atoms with van der Waals surface area (Å²) in [6, 6.07) is 3.41. The van der Waals surface area contributed by atoms with Gasteiger partial charge in [-0.25, -0.2) is 17.9 Å². The van der Waals surface area contributed by atoms with Crippen LogP contribution >= 0.6 is 11.6 Å². The maximum atomic E-state index is 12.1. The maximum Gasteiger partial charge on any atom is 0.335 e. The third-order valence-electron chi connectivity index (χ3n) is 2.60. The minimum Gasteiger partial charge on any atom is -0.478 e. The highest BCUT2D eigenvalue weighted by Crippen LogP contribution is 2.22. The van der Waals surface area contributed by atoms with Crippen molar-refractivity contribution in [1.82, 2.24) is 4.72 Å². The Labute approximate surface area is 127 Å². The van der Waals surface area contributed by atoms with Crippen LogP contribution in [0.5, 0.6) is 0 Å². The number of hydrogen-bond donors (Lipinski definition) is 3. The Bertz CT molecular complexity index is 604. The molecule has 0 aromatic heterocycles. The van der Waals surface area contributed by atoms with Gasteiger partial charge in [-0.05, 0) is 24.6 Å². The molecule has 118 valence electrons. The number of aliphatic hydroxyl groups excluding tert-OH is 1. The van der Waals surface area contributed by atoms with Crippen molar-refractivity contribution in [2.24, 2.45) is 0 Å². The molecule has 7 nitrogen and oxygen atoms in total. The van der Waals surface area contributed by atoms with Crippen molar-refractivity contribution < 1.29 is 28.2 Å². The summed E-state index contributed by atoms with van der Waals surface area (Å²) in [6.07, 6.45) is -0.637. The highest BCUT2D eigenvalue weighted by atomic mass is 35.5. The fourth-order valence-corrected chi connectivity index (χ4v) is 3.13. The number of aliphatic hydroxyl groups is 1. The molecule has 0 radical (unpaired) electrons. The summed E-state index contributed by atoms with van der Waals surface area (Å²) in [6.45, 7) is 0.0669. The van der Waals surface area contributed by atoms with Crippen molar-refractivity contribution in [2.45, 2.75) is 17.4 Å². The molecule has 9 heteroatoms. The van der Waals surface area contributed by atoms with Crippen LogP contribution in [-0.2, 0) is 14.8 Å². The van der Waals surface area contributed by atoms with E-state index in [-0.39, 0.29) is 35.1 Å². The standard InChI is InChI=1S/C12H16ClNO6S/c1-20-7-9(15)4-5-14-21(18,19)11-6-8(12(16)17)2-3-10(11)13/h2-3,6,9,14-15H,4-5,7H2,1H3,(H,16,17). The summed E-state index contributed by atoms with van der Waals surface area (Å²) in [4.78, 5) is 10.5. The van der Waals surface area contributed by atoms with E-state index in [1.54, 1.807) is 0 Å². The Hall–Kier alpha value is -1.19. The molecular weight excluding hydrogens is 322 g/mol. The van der Waals surface area contributed by atoms with Gasteiger partial charge in [0.2, 0.25) is 10.0 Å². The number of nitrogens with one attached hydrogen (secondary N) is 1. The van der Waals surface area contributed by atoms with Crippen LogP contribution in [0.3, 0.4) is 0 Å². The van der Waals surface area contributed by atoms with Gasteiger partial charge in [0.15, 0.2) is 0 Å². The van der Waals surface area contributed by atoms with Crippen LogP contribution in [-0.4, -0.2) is 51.0 Å². The lowest BCUT2D eigenvalue weighted by Crippen LogP contribution is -2.29. The topological polar surface area (TPSA) is 113 Å². The van der Waals surface area contributed by atoms with Crippen molar-refractivity contribution in [3.05, 3.63) is 28.8 Å². The van der Waals surface area contributed by atoms with Gasteiger partial charge in [-0.2, -0.15) is 0 Å². The first-order valence-electron chi connectivity index (χ1n) is 5.97. The summed E-state index contributed by atoms with van der Waals surface area (Å²) >= 11 is 5.80. The van der Waals surface area contributed by atoms with Crippen molar-refractivity contribution in [1.29, 1.82) is 0 Å². The number of benzene rings is 1. The molecule has 1 aromatic carbocycles. The highest BCUT2D eigenvalue weighted by molar-refractivity contribution is 7.89. The van der Waals surface area contributed by atoms with Crippen molar-refractivity contribution in [3.8, 4) is 0 Å². The van der Waals surface area contributed by atoms with Gasteiger partial charge >= 0.3 is 5.97 Å². The van der Waals surface area contributed by atoms with Gasteiger partial charge in [0.1, 0.15) is 4.90 Å². The Balaban J connectivity index is 2.83. The molecule has 0 saturated carbocycles. The number of rotatable bonds is 8. The first-order chi connectivity index (χ1) is 9.77. The number of carboxylic acids is 1. The van der Waals surface area contributed by atoms with Gasteiger partial charge < -0.3 is 14.9 Å². The number of aromatic carboxylic acids is 1. The van der Waals surface area contributed by atoms with Crippen LogP contribution in [0.4, 0.5) is 0 Å². The molecule has 0 saturated heterocycles. The van der Waals surface area contributed by atoms with E-state index in [4.69, 9.17) is 21.4 Å². The molecule has 0 bridgehead atoms. The first-order valence-corrected chi connectivity index (χ1v) is 7.83. The molecule has 3 N–H and O–H groups in total. The molecule has 1 aromatic rings. The van der Waals surface area contributed by atoms with Gasteiger partial charge in [0.05, 0.1) is 23.3 Å². The predicted molar refractivity (Wildman–Crippen MR) is 76.1 cm³/mol. The van der Waals surface area contributed by atoms with Crippen LogP contribution in [0, 0.1) is 0 Å². The molecule has 0 heterocycles. The number of carboxylic acid groups (broad SMARTS) is 1. The minimum atomic E-state index is -3.95. The zero-order chi connectivity index (χ0) is 16.0. The fourth-order valence-electron chi connectivity index (χ4n) is 1.56. The van der Waals surface area contributed by atoms with E-state index in [0.29, 0.717) is 0 Å². The summed E-state index contributed by atoms with van der Waals surface area (Å²) in [5.41, 5.74) is -0.181. The van der Waals surface area contributed by atoms with Crippen LogP contribution in [0.2, 0.25) is 5.02 Å². The van der Waals surface area contributed by atoms with Gasteiger partial charge in [-0.15, -0.1) is 0 Å². The quantitative estimate of drug-likeness (QED) is 0.644. The smallest absolute Gasteiger partial charge is 0.335 e. The lowest BCUT2D eigenvalue weighted by atomic mass is 10.2. The number of carbonyl (C=O) groups is 1. The minimum absolute atomic E-state index is 0.0273. The molecular formula is C12H16ClNO6S. The Morgan fingerprint density at radius 1 is 1.48 bits per heavy atom. The highest BCUT2D eigenvalue weighted by Gasteiger charge is 2.20. The lowest BCUT2D eigenvalue weighted by Gasteiger charge is -2.11. The van der Waals surface area contributed by atoms with Crippen LogP contribution < -0.4 is 4.72 Å². The molecule has 21 heavy (non-hydrogen) atoms. The van der Waals surface area contributed by atoms with E-state index in [1.807, 2.05) is 0 Å². The molecule has 0 fully saturated rings. The second kappa shape index (κ2) is 7.71. The second-order valence-electron chi connectivity index (χ2n) is 4.25. The molecule has 0 spiro atoms. The van der Waals surface area contributed by atoms with E-state index < -0.39 is 22.1 Å². The number of hydrogen-bond acceptors (Lipinski definition) is 5. The third kappa shape index (κ3) is 5.25. The normalized spacial score (nSPS) is 13.1. The van der Waals surface area contributed by atoms with Crippen LogP contribution in [0.25, 0.3) is 0 Å². The fraction of sp³-hybridized carbons (Fsp3) is 0.417. The molecule has 1 unspecified atom stereocenters. The number of sulfonamides is 1. The average molecular weight is 338 g/mol. The van der Waals surface area contributed by atoms with Crippen LogP contribution in [0.15, 0.2) is 23.1 Å². The van der Waals surface area contributed by atoms with Crippen molar-refractivity contribution in [2.75, 3.05) is 20.3 Å². The third-order valence-corrected chi connectivity index (χ3v) is 4.54. The maximum absolute atomic E-state index is 12.1. The first kappa shape index (κ1) is 17.9. The van der Waals surface area contributed by atoms with E-state index >= 15 is 0 Å². The van der Waals surface area contributed by atoms with Crippen LogP contribution in [0.1, 0.15) is 16.8 Å². The predicted octanol–water partition coefficient (Wildman–Crippen LogP) is 0.714. The second-order valence-corrected chi connectivity index (χ2v) is 6.39. The van der Waals surface area contributed by atoms with E-state index in [2.05, 4.69) is 4.72 Å². The molecule has 1 atom stereocenters. The monoisotopic (exact) mass is 337 g/mol. The lowest BCUT2D eigenvalue weighted by molar-refractivity contribution is 0.0603. The molecule has 0 amide bonds. The SMILES string of the molecule is COCC(O)CCNS(=O)(=O)c1cc(C(=O)O)ccc1Cl. The Morgan fingerprint density at radius 3 is 2.71 bits per heavy atom. The van der Waals surface area contributed by atoms with Crippen molar-refractivity contribution in [3.63, 3.8) is 0 Å². The zero-order valence-electron chi connectivity index (χ0n) is 11.2. The van der Waals surface area contributed by atoms with E-state index in [9.17, 15) is 18.3 Å². The van der Waals surface area contributed by atoms with Crippen molar-refractivity contribution >= 4 is 27.6 Å². The molecule has 1 rings (SSSR count). The number of methoxy groups -OCH3 is 1. The van der Waals surface area contributed by atoms with E-state index in [1.165, 1.54) is 19.2 Å². The zero-order valence-corrected chi connectivity index (χ0v) is 12.8. The van der Waals surface area contributed by atoms with Gasteiger partial charge in [-0.3, -0.25) is 0 Å². The molecule has 0 aliphatic carbocycles. The summed E-state index contributed by atoms with van der Waals surface area (Å²) in [5.74, 6) is -1.25. The van der Waals surface area contributed by atoms with Gasteiger partial charge in [-0.1, -0.05) is 11.6 Å². The summed E-state index contributed by atoms with van der Waals surface area (Å²) in [7, 11) is -2.53. The molecule has 0 aliphatic heterocycles. The largest absolute Gasteiger partial charge is 0.478 e. The Morgan fingerprint density at radius 2 is 2.14 bits per heavy atom. The average Bonchev–Trinajstić information content (AvgIpc) is 2.38. The van der Waals surface area contributed by atoms with Gasteiger partial charge in [0.25, 0.3) is 0 Å². The number of halogens is 1. The summed E-state index contributed by atoms with van der Waals surface area (Å²) < 4.78 is 31.1.